The fraction of sp³-hybridized carbons (Fsp3) is 0.750. The summed E-state index contributed by atoms with van der Waals surface area (Å²) in [6.07, 6.45) is 7.52. The molecule has 0 unspecified atom stereocenters. The smallest absolute Gasteiger partial charge is 0.151 e. The van der Waals surface area contributed by atoms with Crippen LogP contribution in [0, 0.1) is 0 Å². The van der Waals surface area contributed by atoms with Crippen molar-refractivity contribution < 1.29 is 4.74 Å². The fourth-order valence-corrected chi connectivity index (χ4v) is 2.92. The van der Waals surface area contributed by atoms with Gasteiger partial charge in [-0.05, 0) is 12.8 Å². The number of nitrogen functional groups attached to an aromatic ring is 1. The third-order valence-electron chi connectivity index (χ3n) is 3.80. The second kappa shape index (κ2) is 4.09. The average molecular weight is 221 g/mol. The molecule has 2 N–H and O–H groups in total. The third kappa shape index (κ3) is 1.61. The normalized spacial score (nSPS) is 22.0. The zero-order chi connectivity index (χ0) is 11.0. The zero-order valence-corrected chi connectivity index (χ0v) is 9.61. The number of hydrogen-bond donors (Lipinski definition) is 1. The van der Waals surface area contributed by atoms with E-state index in [0.717, 1.165) is 18.6 Å². The van der Waals surface area contributed by atoms with Crippen molar-refractivity contribution >= 4 is 5.82 Å². The van der Waals surface area contributed by atoms with E-state index in [4.69, 9.17) is 10.5 Å². The monoisotopic (exact) mass is 221 g/mol. The Morgan fingerprint density at radius 1 is 1.25 bits per heavy atom. The van der Waals surface area contributed by atoms with Crippen molar-refractivity contribution in [3.63, 3.8) is 0 Å². The highest BCUT2D eigenvalue weighted by Gasteiger charge is 2.25. The van der Waals surface area contributed by atoms with Gasteiger partial charge in [0.05, 0.1) is 19.3 Å². The molecule has 4 nitrogen and oxygen atoms in total. The first-order chi connectivity index (χ1) is 7.86. The van der Waals surface area contributed by atoms with Gasteiger partial charge in [-0.3, -0.25) is 4.68 Å². The molecule has 0 spiro atoms. The van der Waals surface area contributed by atoms with Crippen molar-refractivity contribution in [2.75, 3.05) is 12.3 Å². The van der Waals surface area contributed by atoms with Gasteiger partial charge in [-0.25, -0.2) is 0 Å². The van der Waals surface area contributed by atoms with Crippen molar-refractivity contribution in [2.45, 2.75) is 51.2 Å². The topological polar surface area (TPSA) is 53.1 Å². The molecular weight excluding hydrogens is 202 g/mol. The number of ether oxygens (including phenoxy) is 1. The number of nitrogens with two attached hydrogens (primary N) is 1. The highest BCUT2D eigenvalue weighted by molar-refractivity contribution is 5.43. The van der Waals surface area contributed by atoms with Crippen LogP contribution < -0.4 is 5.73 Å². The summed E-state index contributed by atoms with van der Waals surface area (Å²) in [7, 11) is 0. The van der Waals surface area contributed by atoms with Crippen LogP contribution in [0.4, 0.5) is 5.82 Å². The van der Waals surface area contributed by atoms with Crippen molar-refractivity contribution in [3.8, 4) is 0 Å². The second-order valence-corrected chi connectivity index (χ2v) is 4.85. The first-order valence-corrected chi connectivity index (χ1v) is 6.30. The molecule has 0 amide bonds. The van der Waals surface area contributed by atoms with Gasteiger partial charge in [0.1, 0.15) is 0 Å². The number of aromatic nitrogens is 2. The number of fused-ring (bicyclic) bond motifs is 1. The van der Waals surface area contributed by atoms with Crippen molar-refractivity contribution in [3.05, 3.63) is 11.3 Å². The highest BCUT2D eigenvalue weighted by Crippen LogP contribution is 2.32. The number of hydrogen-bond acceptors (Lipinski definition) is 3. The van der Waals surface area contributed by atoms with E-state index in [9.17, 15) is 0 Å². The predicted molar refractivity (Wildman–Crippen MR) is 62.1 cm³/mol. The summed E-state index contributed by atoms with van der Waals surface area (Å²) < 4.78 is 7.64. The third-order valence-corrected chi connectivity index (χ3v) is 3.80. The molecule has 2 heterocycles. The molecule has 1 aliphatic carbocycles. The zero-order valence-electron chi connectivity index (χ0n) is 9.61. The Morgan fingerprint density at radius 3 is 2.88 bits per heavy atom. The van der Waals surface area contributed by atoms with Gasteiger partial charge in [0.2, 0.25) is 0 Å². The number of rotatable bonds is 1. The van der Waals surface area contributed by atoms with E-state index in [0.29, 0.717) is 18.5 Å². The molecular formula is C12H19N3O. The number of anilines is 1. The van der Waals surface area contributed by atoms with E-state index in [1.54, 1.807) is 0 Å². The van der Waals surface area contributed by atoms with Gasteiger partial charge in [-0.1, -0.05) is 19.3 Å². The minimum atomic E-state index is 0.581. The summed E-state index contributed by atoms with van der Waals surface area (Å²) in [5, 5.41) is 4.53. The van der Waals surface area contributed by atoms with Gasteiger partial charge in [0.15, 0.2) is 5.82 Å². The second-order valence-electron chi connectivity index (χ2n) is 4.85. The van der Waals surface area contributed by atoms with Gasteiger partial charge < -0.3 is 10.5 Å². The maximum Gasteiger partial charge on any atom is 0.151 e. The lowest BCUT2D eigenvalue weighted by Gasteiger charge is -2.25. The van der Waals surface area contributed by atoms with E-state index in [2.05, 4.69) is 9.78 Å². The largest absolute Gasteiger partial charge is 0.382 e. The SMILES string of the molecule is Nc1nn(C2CCCCC2)c2c1COCC2. The maximum atomic E-state index is 5.96. The van der Waals surface area contributed by atoms with Gasteiger partial charge in [-0.2, -0.15) is 5.10 Å². The summed E-state index contributed by atoms with van der Waals surface area (Å²) in [6.45, 7) is 1.46. The molecule has 1 saturated carbocycles. The van der Waals surface area contributed by atoms with Crippen LogP contribution in [-0.2, 0) is 17.8 Å². The highest BCUT2D eigenvalue weighted by atomic mass is 16.5. The summed E-state index contributed by atoms with van der Waals surface area (Å²) in [6, 6.07) is 0.581. The lowest BCUT2D eigenvalue weighted by molar-refractivity contribution is 0.108. The van der Waals surface area contributed by atoms with Crippen molar-refractivity contribution in [1.82, 2.24) is 9.78 Å². The van der Waals surface area contributed by atoms with Crippen LogP contribution in [-0.4, -0.2) is 16.4 Å². The Labute approximate surface area is 95.8 Å². The van der Waals surface area contributed by atoms with Crippen LogP contribution in [0.2, 0.25) is 0 Å². The molecule has 1 aromatic heterocycles. The molecule has 1 aliphatic heterocycles. The van der Waals surface area contributed by atoms with Crippen LogP contribution in [0.1, 0.15) is 49.4 Å². The Balaban J connectivity index is 1.93. The lowest BCUT2D eigenvalue weighted by atomic mass is 9.95. The summed E-state index contributed by atoms with van der Waals surface area (Å²) >= 11 is 0. The van der Waals surface area contributed by atoms with Gasteiger partial charge in [0, 0.05) is 17.7 Å². The predicted octanol–water partition coefficient (Wildman–Crippen LogP) is 2.04. The molecule has 0 saturated heterocycles. The van der Waals surface area contributed by atoms with Crippen LogP contribution >= 0.6 is 0 Å². The van der Waals surface area contributed by atoms with Gasteiger partial charge in [-0.15, -0.1) is 0 Å². The van der Waals surface area contributed by atoms with Crippen molar-refractivity contribution in [1.29, 1.82) is 0 Å². The van der Waals surface area contributed by atoms with E-state index >= 15 is 0 Å². The van der Waals surface area contributed by atoms with E-state index in [1.807, 2.05) is 0 Å². The molecule has 2 aliphatic rings. The first-order valence-electron chi connectivity index (χ1n) is 6.30. The maximum absolute atomic E-state index is 5.96. The van der Waals surface area contributed by atoms with Gasteiger partial charge in [0.25, 0.3) is 0 Å². The minimum absolute atomic E-state index is 0.581. The Hall–Kier alpha value is -1.03. The van der Waals surface area contributed by atoms with E-state index in [1.165, 1.54) is 37.8 Å². The number of nitrogens with zero attached hydrogens (tertiary/aromatic N) is 2. The molecule has 1 fully saturated rings. The molecule has 1 aromatic rings. The lowest BCUT2D eigenvalue weighted by Crippen LogP contribution is -2.19. The average Bonchev–Trinajstić information content (AvgIpc) is 2.69. The standard InChI is InChI=1S/C12H19N3O/c13-12-10-8-16-7-6-11(10)15(14-12)9-4-2-1-3-5-9/h9H,1-8H2,(H2,13,14). The molecule has 4 heteroatoms. The van der Waals surface area contributed by atoms with Gasteiger partial charge >= 0.3 is 0 Å². The van der Waals surface area contributed by atoms with Crippen LogP contribution in [0.25, 0.3) is 0 Å². The Kier molecular flexibility index (Phi) is 2.59. The van der Waals surface area contributed by atoms with Crippen LogP contribution in [0.15, 0.2) is 0 Å². The van der Waals surface area contributed by atoms with E-state index < -0.39 is 0 Å². The summed E-state index contributed by atoms with van der Waals surface area (Å²) in [5.74, 6) is 0.681. The Morgan fingerprint density at radius 2 is 2.06 bits per heavy atom. The molecule has 3 rings (SSSR count). The van der Waals surface area contributed by atoms with Crippen molar-refractivity contribution in [2.24, 2.45) is 0 Å². The fourth-order valence-electron chi connectivity index (χ4n) is 2.92. The summed E-state index contributed by atoms with van der Waals surface area (Å²) in [4.78, 5) is 0. The van der Waals surface area contributed by atoms with E-state index in [-0.39, 0.29) is 0 Å². The van der Waals surface area contributed by atoms with Crippen LogP contribution in [0.3, 0.4) is 0 Å². The quantitative estimate of drug-likeness (QED) is 0.789. The molecule has 0 bridgehead atoms. The molecule has 16 heavy (non-hydrogen) atoms. The molecule has 0 aromatic carbocycles. The minimum Gasteiger partial charge on any atom is -0.382 e. The summed E-state index contributed by atoms with van der Waals surface area (Å²) in [5.41, 5.74) is 8.42. The Bertz CT molecular complexity index is 380. The molecule has 88 valence electrons. The van der Waals surface area contributed by atoms with Crippen LogP contribution in [0.5, 0.6) is 0 Å². The molecule has 0 atom stereocenters. The first kappa shape index (κ1) is 10.1. The molecule has 0 radical (unpaired) electrons.